The molecule has 0 aromatic carbocycles. The molecule has 5 heteroatoms. The lowest BCUT2D eigenvalue weighted by Gasteiger charge is -1.91. The Hall–Kier alpha value is -1.16. The fourth-order valence-corrected chi connectivity index (χ4v) is 0.647. The van der Waals surface area contributed by atoms with E-state index in [2.05, 4.69) is 4.98 Å². The molecule has 0 saturated heterocycles. The van der Waals surface area contributed by atoms with Crippen LogP contribution >= 0.6 is 12.4 Å². The van der Waals surface area contributed by atoms with E-state index < -0.39 is 4.92 Å². The van der Waals surface area contributed by atoms with Gasteiger partial charge in [-0.25, -0.2) is 0 Å². The summed E-state index contributed by atoms with van der Waals surface area (Å²) in [6, 6.07) is 1.61. The van der Waals surface area contributed by atoms with Gasteiger partial charge in [-0.2, -0.15) is 0 Å². The molecule has 4 nitrogen and oxygen atoms in total. The average Bonchev–Trinajstić information content (AvgIpc) is 1.88. The van der Waals surface area contributed by atoms with E-state index >= 15 is 0 Å². The first-order valence-corrected chi connectivity index (χ1v) is 2.77. The molecule has 0 N–H and O–H groups in total. The quantitative estimate of drug-likeness (QED) is 0.481. The highest BCUT2D eigenvalue weighted by molar-refractivity contribution is 5.85. The van der Waals surface area contributed by atoms with Crippen LogP contribution in [0, 0.1) is 17.0 Å². The molecule has 0 radical (unpaired) electrons. The van der Waals surface area contributed by atoms with Gasteiger partial charge < -0.3 is 0 Å². The smallest absolute Gasteiger partial charge is 0.258 e. The molecule has 0 bridgehead atoms. The van der Waals surface area contributed by atoms with E-state index in [1.165, 1.54) is 12.4 Å². The van der Waals surface area contributed by atoms with Gasteiger partial charge >= 0.3 is 0 Å². The maximum Gasteiger partial charge on any atom is 0.290 e. The molecule has 0 aliphatic rings. The minimum absolute atomic E-state index is 0. The maximum atomic E-state index is 10.2. The van der Waals surface area contributed by atoms with Gasteiger partial charge in [-0.05, 0) is 13.0 Å². The van der Waals surface area contributed by atoms with Crippen molar-refractivity contribution in [3.63, 3.8) is 0 Å². The van der Waals surface area contributed by atoms with Crippen LogP contribution in [0.5, 0.6) is 0 Å². The number of aryl methyl sites for hydroxylation is 1. The highest BCUT2D eigenvalue weighted by Crippen LogP contribution is 2.13. The van der Waals surface area contributed by atoms with Gasteiger partial charge in [0.1, 0.15) is 6.20 Å². The Bertz CT molecular complexity index is 265. The van der Waals surface area contributed by atoms with Crippen molar-refractivity contribution in [3.8, 4) is 0 Å². The second-order valence-corrected chi connectivity index (χ2v) is 1.92. The molecule has 1 aromatic rings. The van der Waals surface area contributed by atoms with Crippen molar-refractivity contribution in [3.05, 3.63) is 34.1 Å². The summed E-state index contributed by atoms with van der Waals surface area (Å²) >= 11 is 0. The van der Waals surface area contributed by atoms with Crippen LogP contribution in [-0.2, 0) is 0 Å². The Labute approximate surface area is 69.8 Å². The Balaban J connectivity index is 0.000001000. The number of hydrogen-bond donors (Lipinski definition) is 0. The van der Waals surface area contributed by atoms with Crippen molar-refractivity contribution >= 4 is 18.1 Å². The molecule has 0 aliphatic carbocycles. The largest absolute Gasteiger partial charge is 0.290 e. The summed E-state index contributed by atoms with van der Waals surface area (Å²) in [5, 5.41) is 10.2. The molecule has 0 unspecified atom stereocenters. The first-order chi connectivity index (χ1) is 4.72. The van der Waals surface area contributed by atoms with Crippen LogP contribution in [0.4, 0.5) is 5.69 Å². The summed E-state index contributed by atoms with van der Waals surface area (Å²) in [4.78, 5) is 13.4. The van der Waals surface area contributed by atoms with Gasteiger partial charge in [-0.3, -0.25) is 15.1 Å². The molecule has 0 atom stereocenters. The van der Waals surface area contributed by atoms with Gasteiger partial charge in [-0.1, -0.05) is 0 Å². The van der Waals surface area contributed by atoms with Crippen molar-refractivity contribution < 1.29 is 4.92 Å². The number of aromatic nitrogens is 1. The monoisotopic (exact) mass is 174 g/mol. The number of pyridine rings is 1. The number of rotatable bonds is 1. The summed E-state index contributed by atoms with van der Waals surface area (Å²) in [5.74, 6) is 0. The number of halogens is 1. The highest BCUT2D eigenvalue weighted by atomic mass is 35.5. The van der Waals surface area contributed by atoms with E-state index in [1.807, 2.05) is 0 Å². The van der Waals surface area contributed by atoms with E-state index in [0.29, 0.717) is 5.56 Å². The van der Waals surface area contributed by atoms with Crippen molar-refractivity contribution in [1.82, 2.24) is 4.98 Å². The lowest BCUT2D eigenvalue weighted by atomic mass is 10.3. The fraction of sp³-hybridized carbons (Fsp3) is 0.167. The molecule has 11 heavy (non-hydrogen) atoms. The molecule has 1 heterocycles. The van der Waals surface area contributed by atoms with E-state index in [4.69, 9.17) is 0 Å². The Morgan fingerprint density at radius 2 is 2.27 bits per heavy atom. The lowest BCUT2D eigenvalue weighted by molar-refractivity contribution is -0.385. The molecule has 1 aromatic heterocycles. The summed E-state index contributed by atoms with van der Waals surface area (Å²) in [5.41, 5.74) is 0.711. The minimum Gasteiger partial charge on any atom is -0.258 e. The van der Waals surface area contributed by atoms with Crippen molar-refractivity contribution in [2.24, 2.45) is 0 Å². The van der Waals surface area contributed by atoms with Crippen LogP contribution in [-0.4, -0.2) is 9.91 Å². The third kappa shape index (κ3) is 2.16. The van der Waals surface area contributed by atoms with Gasteiger partial charge in [0, 0.05) is 11.8 Å². The zero-order valence-corrected chi connectivity index (χ0v) is 6.67. The zero-order valence-electron chi connectivity index (χ0n) is 5.85. The Morgan fingerprint density at radius 3 is 2.64 bits per heavy atom. The maximum absolute atomic E-state index is 10.2. The van der Waals surface area contributed by atoms with Crippen molar-refractivity contribution in [2.45, 2.75) is 6.92 Å². The summed E-state index contributed by atoms with van der Waals surface area (Å²) in [6.07, 6.45) is 2.78. The molecule has 60 valence electrons. The first kappa shape index (κ1) is 9.84. The molecule has 0 spiro atoms. The predicted molar refractivity (Wildman–Crippen MR) is 42.9 cm³/mol. The third-order valence-corrected chi connectivity index (χ3v) is 1.21. The van der Waals surface area contributed by atoms with Crippen LogP contribution < -0.4 is 0 Å². The summed E-state index contributed by atoms with van der Waals surface area (Å²) in [7, 11) is 0. The SMILES string of the molecule is Cc1ccncc1[N+](=O)[O-].Cl. The molecule has 0 aliphatic heterocycles. The fourth-order valence-electron chi connectivity index (χ4n) is 0.647. The number of nitrogens with zero attached hydrogens (tertiary/aromatic N) is 2. The minimum atomic E-state index is -0.442. The standard InChI is InChI=1S/C6H6N2O2.ClH/c1-5-2-3-7-4-6(5)8(9)10;/h2-4H,1H3;1H. The third-order valence-electron chi connectivity index (χ3n) is 1.21. The van der Waals surface area contributed by atoms with Crippen LogP contribution in [0.25, 0.3) is 0 Å². The van der Waals surface area contributed by atoms with Gasteiger partial charge in [0.05, 0.1) is 4.92 Å². The van der Waals surface area contributed by atoms with Gasteiger partial charge in [0.25, 0.3) is 5.69 Å². The molecular formula is C6H7ClN2O2. The van der Waals surface area contributed by atoms with Crippen molar-refractivity contribution in [2.75, 3.05) is 0 Å². The Morgan fingerprint density at radius 1 is 1.64 bits per heavy atom. The number of hydrogen-bond acceptors (Lipinski definition) is 3. The second kappa shape index (κ2) is 3.88. The predicted octanol–water partition coefficient (Wildman–Crippen LogP) is 1.72. The average molecular weight is 175 g/mol. The molecule has 0 fully saturated rings. The number of nitro groups is 1. The van der Waals surface area contributed by atoms with E-state index in [1.54, 1.807) is 13.0 Å². The van der Waals surface area contributed by atoms with Crippen LogP contribution in [0.15, 0.2) is 18.5 Å². The second-order valence-electron chi connectivity index (χ2n) is 1.92. The van der Waals surface area contributed by atoms with Crippen molar-refractivity contribution in [1.29, 1.82) is 0 Å². The topological polar surface area (TPSA) is 56.0 Å². The van der Waals surface area contributed by atoms with Gasteiger partial charge in [-0.15, -0.1) is 12.4 Å². The molecule has 1 rings (SSSR count). The van der Waals surface area contributed by atoms with Crippen LogP contribution in [0.1, 0.15) is 5.56 Å². The van der Waals surface area contributed by atoms with E-state index in [9.17, 15) is 10.1 Å². The van der Waals surface area contributed by atoms with E-state index in [-0.39, 0.29) is 18.1 Å². The molecule has 0 amide bonds. The van der Waals surface area contributed by atoms with Crippen LogP contribution in [0.2, 0.25) is 0 Å². The molecular weight excluding hydrogens is 168 g/mol. The Kier molecular flexibility index (Phi) is 3.47. The van der Waals surface area contributed by atoms with Crippen LogP contribution in [0.3, 0.4) is 0 Å². The first-order valence-electron chi connectivity index (χ1n) is 2.77. The highest BCUT2D eigenvalue weighted by Gasteiger charge is 2.07. The van der Waals surface area contributed by atoms with Gasteiger partial charge in [0.2, 0.25) is 0 Å². The van der Waals surface area contributed by atoms with Gasteiger partial charge in [0.15, 0.2) is 0 Å². The zero-order chi connectivity index (χ0) is 7.56. The summed E-state index contributed by atoms with van der Waals surface area (Å²) < 4.78 is 0. The van der Waals surface area contributed by atoms with E-state index in [0.717, 1.165) is 0 Å². The normalized spacial score (nSPS) is 8.45. The summed E-state index contributed by atoms with van der Waals surface area (Å²) in [6.45, 7) is 1.68. The lowest BCUT2D eigenvalue weighted by Crippen LogP contribution is -1.91. The molecule has 0 saturated carbocycles.